The molecule has 1 aliphatic heterocycles. The third-order valence-corrected chi connectivity index (χ3v) is 6.24. The first kappa shape index (κ1) is 21.7. The van der Waals surface area contributed by atoms with Crippen molar-refractivity contribution in [2.24, 2.45) is 0 Å². The summed E-state index contributed by atoms with van der Waals surface area (Å²) in [5.41, 5.74) is 9.64. The highest BCUT2D eigenvalue weighted by atomic mass is 16.5. The van der Waals surface area contributed by atoms with Crippen LogP contribution in [0.1, 0.15) is 30.0 Å². The Bertz CT molecular complexity index is 1280. The van der Waals surface area contributed by atoms with Crippen molar-refractivity contribution in [3.63, 3.8) is 0 Å². The zero-order valence-electron chi connectivity index (χ0n) is 19.0. The summed E-state index contributed by atoms with van der Waals surface area (Å²) in [5, 5.41) is 14.7. The molecule has 6 heteroatoms. The Morgan fingerprint density at radius 3 is 2.32 bits per heavy atom. The molecule has 1 fully saturated rings. The molecule has 1 atom stereocenters. The van der Waals surface area contributed by atoms with Gasteiger partial charge in [0.15, 0.2) is 0 Å². The maximum Gasteiger partial charge on any atom is 0.140 e. The Kier molecular flexibility index (Phi) is 6.28. The standard InChI is InChI=1S/C28H27N5O/c29-18-26-27(22-13-15-25(16-14-22)34-24-11-5-2-6-12-24)31-33(28(26)30)23-10-7-17-32(20-23)19-21-8-3-1-4-9-21/h1-6,8-9,11-16,23H,7,10,17,19-20,30H2. The normalized spacial score (nSPS) is 16.1. The Hall–Kier alpha value is -4.08. The van der Waals surface area contributed by atoms with Crippen molar-refractivity contribution in [3.8, 4) is 28.8 Å². The van der Waals surface area contributed by atoms with E-state index in [9.17, 15) is 5.26 Å². The summed E-state index contributed by atoms with van der Waals surface area (Å²) in [4.78, 5) is 2.44. The molecule has 6 nitrogen and oxygen atoms in total. The maximum absolute atomic E-state index is 9.85. The summed E-state index contributed by atoms with van der Waals surface area (Å²) < 4.78 is 7.75. The number of hydrogen-bond acceptors (Lipinski definition) is 5. The van der Waals surface area contributed by atoms with Crippen molar-refractivity contribution in [2.75, 3.05) is 18.8 Å². The van der Waals surface area contributed by atoms with E-state index >= 15 is 0 Å². The molecule has 1 unspecified atom stereocenters. The van der Waals surface area contributed by atoms with Crippen LogP contribution in [-0.2, 0) is 6.54 Å². The summed E-state index contributed by atoms with van der Waals surface area (Å²) in [6, 6.07) is 30.2. The largest absolute Gasteiger partial charge is 0.457 e. The van der Waals surface area contributed by atoms with Crippen molar-refractivity contribution in [1.82, 2.24) is 14.7 Å². The fourth-order valence-electron chi connectivity index (χ4n) is 4.56. The van der Waals surface area contributed by atoms with Crippen LogP contribution in [0.25, 0.3) is 11.3 Å². The van der Waals surface area contributed by atoms with E-state index in [-0.39, 0.29) is 6.04 Å². The van der Waals surface area contributed by atoms with E-state index in [1.54, 1.807) is 0 Å². The minimum atomic E-state index is 0.138. The minimum absolute atomic E-state index is 0.138. The Balaban J connectivity index is 1.36. The van der Waals surface area contributed by atoms with Crippen LogP contribution in [0.4, 0.5) is 5.82 Å². The predicted molar refractivity (Wildman–Crippen MR) is 133 cm³/mol. The first-order chi connectivity index (χ1) is 16.7. The summed E-state index contributed by atoms with van der Waals surface area (Å²) in [7, 11) is 0. The van der Waals surface area contributed by atoms with E-state index in [0.29, 0.717) is 17.1 Å². The second-order valence-electron chi connectivity index (χ2n) is 8.62. The van der Waals surface area contributed by atoms with Gasteiger partial charge in [-0.05, 0) is 61.3 Å². The van der Waals surface area contributed by atoms with Crippen LogP contribution in [0, 0.1) is 11.3 Å². The number of piperidine rings is 1. The molecule has 0 saturated carbocycles. The van der Waals surface area contributed by atoms with Gasteiger partial charge >= 0.3 is 0 Å². The average molecular weight is 450 g/mol. The molecule has 0 radical (unpaired) electrons. The van der Waals surface area contributed by atoms with Gasteiger partial charge in [0, 0.05) is 18.7 Å². The van der Waals surface area contributed by atoms with Gasteiger partial charge in [-0.15, -0.1) is 0 Å². The number of ether oxygens (including phenoxy) is 1. The summed E-state index contributed by atoms with van der Waals surface area (Å²) >= 11 is 0. The molecule has 5 rings (SSSR count). The molecule has 2 N–H and O–H groups in total. The van der Waals surface area contributed by atoms with Crippen LogP contribution in [0.3, 0.4) is 0 Å². The number of hydrogen-bond donors (Lipinski definition) is 1. The number of nitrogen functional groups attached to an aromatic ring is 1. The quantitative estimate of drug-likeness (QED) is 0.412. The zero-order valence-corrected chi connectivity index (χ0v) is 19.0. The molecular weight excluding hydrogens is 422 g/mol. The lowest BCUT2D eigenvalue weighted by Gasteiger charge is -2.33. The molecule has 4 aromatic rings. The van der Waals surface area contributed by atoms with E-state index in [2.05, 4.69) is 35.2 Å². The molecule has 1 aromatic heterocycles. The smallest absolute Gasteiger partial charge is 0.140 e. The Labute approximate surface area is 199 Å². The zero-order chi connectivity index (χ0) is 23.3. The average Bonchev–Trinajstić information content (AvgIpc) is 3.22. The van der Waals surface area contributed by atoms with E-state index in [1.807, 2.05) is 65.3 Å². The van der Waals surface area contributed by atoms with Gasteiger partial charge in [-0.1, -0.05) is 48.5 Å². The fraction of sp³-hybridized carbons (Fsp3) is 0.214. The maximum atomic E-state index is 9.85. The van der Waals surface area contributed by atoms with Gasteiger partial charge in [0.1, 0.15) is 34.6 Å². The molecule has 0 aliphatic carbocycles. The number of para-hydroxylation sites is 1. The summed E-state index contributed by atoms with van der Waals surface area (Å²) in [5.74, 6) is 1.94. The van der Waals surface area contributed by atoms with Gasteiger partial charge in [-0.25, -0.2) is 4.68 Å². The van der Waals surface area contributed by atoms with Crippen LogP contribution in [0.2, 0.25) is 0 Å². The molecule has 0 spiro atoms. The van der Waals surface area contributed by atoms with Gasteiger partial charge in [-0.2, -0.15) is 10.4 Å². The first-order valence-electron chi connectivity index (χ1n) is 11.6. The lowest BCUT2D eigenvalue weighted by molar-refractivity contribution is 0.164. The summed E-state index contributed by atoms with van der Waals surface area (Å²) in [6.07, 6.45) is 2.06. The lowest BCUT2D eigenvalue weighted by atomic mass is 10.0. The van der Waals surface area contributed by atoms with Crippen LogP contribution in [-0.4, -0.2) is 27.8 Å². The molecule has 0 amide bonds. The summed E-state index contributed by atoms with van der Waals surface area (Å²) in [6.45, 7) is 2.81. The highest BCUT2D eigenvalue weighted by Gasteiger charge is 2.27. The van der Waals surface area contributed by atoms with Crippen LogP contribution in [0.15, 0.2) is 84.9 Å². The first-order valence-corrected chi connectivity index (χ1v) is 11.6. The predicted octanol–water partition coefficient (Wildman–Crippen LogP) is 5.63. The Morgan fingerprint density at radius 1 is 0.941 bits per heavy atom. The van der Waals surface area contributed by atoms with Gasteiger partial charge in [0.2, 0.25) is 0 Å². The third-order valence-electron chi connectivity index (χ3n) is 6.24. The van der Waals surface area contributed by atoms with E-state index in [1.165, 1.54) is 5.56 Å². The van der Waals surface area contributed by atoms with Gasteiger partial charge < -0.3 is 10.5 Å². The molecule has 0 bridgehead atoms. The molecule has 1 saturated heterocycles. The van der Waals surface area contributed by atoms with Crippen LogP contribution < -0.4 is 10.5 Å². The Morgan fingerprint density at radius 2 is 1.62 bits per heavy atom. The topological polar surface area (TPSA) is 80.1 Å². The van der Waals surface area contributed by atoms with Gasteiger partial charge in [0.25, 0.3) is 0 Å². The molecule has 34 heavy (non-hydrogen) atoms. The number of nitrogens with zero attached hydrogens (tertiary/aromatic N) is 4. The SMILES string of the molecule is N#Cc1c(-c2ccc(Oc3ccccc3)cc2)nn(C2CCCN(Cc3ccccc3)C2)c1N. The van der Waals surface area contributed by atoms with Crippen LogP contribution in [0.5, 0.6) is 11.5 Å². The fourth-order valence-corrected chi connectivity index (χ4v) is 4.56. The number of nitrogens with two attached hydrogens (primary N) is 1. The third kappa shape index (κ3) is 4.66. The second-order valence-corrected chi connectivity index (χ2v) is 8.62. The molecular formula is C28H27N5O. The monoisotopic (exact) mass is 449 g/mol. The number of nitriles is 1. The van der Waals surface area contributed by atoms with Crippen molar-refractivity contribution >= 4 is 5.82 Å². The highest BCUT2D eigenvalue weighted by molar-refractivity contribution is 5.73. The van der Waals surface area contributed by atoms with Crippen molar-refractivity contribution in [3.05, 3.63) is 96.1 Å². The number of benzene rings is 3. The molecule has 170 valence electrons. The molecule has 3 aromatic carbocycles. The molecule has 2 heterocycles. The highest BCUT2D eigenvalue weighted by Crippen LogP contribution is 2.33. The number of anilines is 1. The van der Waals surface area contributed by atoms with Crippen molar-refractivity contribution in [2.45, 2.75) is 25.4 Å². The van der Waals surface area contributed by atoms with Crippen LogP contribution >= 0.6 is 0 Å². The van der Waals surface area contributed by atoms with E-state index < -0.39 is 0 Å². The van der Waals surface area contributed by atoms with Gasteiger partial charge in [-0.3, -0.25) is 4.90 Å². The van der Waals surface area contributed by atoms with Crippen molar-refractivity contribution < 1.29 is 4.74 Å². The molecule has 1 aliphatic rings. The van der Waals surface area contributed by atoms with Crippen molar-refractivity contribution in [1.29, 1.82) is 5.26 Å². The van der Waals surface area contributed by atoms with E-state index in [4.69, 9.17) is 15.6 Å². The number of aromatic nitrogens is 2. The number of rotatable bonds is 6. The minimum Gasteiger partial charge on any atom is -0.457 e. The van der Waals surface area contributed by atoms with E-state index in [0.717, 1.165) is 49.5 Å². The number of likely N-dealkylation sites (tertiary alicyclic amines) is 1. The second kappa shape index (κ2) is 9.82. The lowest BCUT2D eigenvalue weighted by Crippen LogP contribution is -2.36. The van der Waals surface area contributed by atoms with Gasteiger partial charge in [0.05, 0.1) is 6.04 Å².